The van der Waals surface area contributed by atoms with E-state index in [1.807, 2.05) is 0 Å². The Morgan fingerprint density at radius 1 is 0.769 bits per heavy atom. The molecule has 5 rings (SSSR count). The van der Waals surface area contributed by atoms with Crippen molar-refractivity contribution in [2.24, 2.45) is 0 Å². The zero-order valence-corrected chi connectivity index (χ0v) is 20.7. The average Bonchev–Trinajstić information content (AvgIpc) is 3.18. The summed E-state index contributed by atoms with van der Waals surface area (Å²) >= 11 is 0. The fourth-order valence-electron chi connectivity index (χ4n) is 3.98. The van der Waals surface area contributed by atoms with Crippen molar-refractivity contribution in [3.05, 3.63) is 124 Å². The largest absolute Gasteiger partial charge is 0.322 e. The van der Waals surface area contributed by atoms with Crippen LogP contribution in [0.1, 0.15) is 31.1 Å². The fraction of sp³-hybridized carbons (Fsp3) is 0. The number of nitro groups is 1. The van der Waals surface area contributed by atoms with Gasteiger partial charge in [-0.1, -0.05) is 18.2 Å². The Morgan fingerprint density at radius 3 is 2.03 bits per heavy atom. The Bertz CT molecular complexity index is 1740. The van der Waals surface area contributed by atoms with E-state index in [9.17, 15) is 32.9 Å². The predicted molar refractivity (Wildman–Crippen MR) is 142 cm³/mol. The summed E-state index contributed by atoms with van der Waals surface area (Å²) in [5.74, 6) is -1.73. The molecule has 194 valence electrons. The van der Waals surface area contributed by atoms with E-state index in [4.69, 9.17) is 0 Å². The number of benzene rings is 4. The third kappa shape index (κ3) is 4.95. The van der Waals surface area contributed by atoms with Crippen LogP contribution in [0.15, 0.2) is 102 Å². The number of fused-ring (bicyclic) bond motifs is 1. The summed E-state index contributed by atoms with van der Waals surface area (Å²) in [5, 5.41) is 13.4. The first-order chi connectivity index (χ1) is 18.6. The third-order valence-electron chi connectivity index (χ3n) is 5.92. The van der Waals surface area contributed by atoms with E-state index < -0.39 is 32.7 Å². The molecule has 0 fully saturated rings. The molecule has 2 N–H and O–H groups in total. The van der Waals surface area contributed by atoms with Gasteiger partial charge in [0.1, 0.15) is 0 Å². The SMILES string of the molecule is O=C(Nc1ccc2c(c1)C(=O)N(c1ccc(NS(=O)(=O)c3ccccc3)cc1)C2=O)c1ccc([N+](=O)[O-])cc1. The second kappa shape index (κ2) is 9.84. The third-order valence-corrected chi connectivity index (χ3v) is 7.31. The molecule has 0 atom stereocenters. The van der Waals surface area contributed by atoms with E-state index in [1.165, 1.54) is 78.9 Å². The van der Waals surface area contributed by atoms with Gasteiger partial charge in [0.25, 0.3) is 33.4 Å². The molecule has 3 amide bonds. The van der Waals surface area contributed by atoms with E-state index in [0.717, 1.165) is 4.90 Å². The molecule has 0 unspecified atom stereocenters. The molecule has 0 spiro atoms. The molecule has 4 aromatic rings. The molecule has 1 heterocycles. The van der Waals surface area contributed by atoms with Crippen LogP contribution in [0.3, 0.4) is 0 Å². The maximum Gasteiger partial charge on any atom is 0.269 e. The number of sulfonamides is 1. The van der Waals surface area contributed by atoms with Gasteiger partial charge in [-0.25, -0.2) is 13.3 Å². The highest BCUT2D eigenvalue weighted by Crippen LogP contribution is 2.31. The zero-order chi connectivity index (χ0) is 27.7. The van der Waals surface area contributed by atoms with E-state index >= 15 is 0 Å². The van der Waals surface area contributed by atoms with E-state index in [1.54, 1.807) is 18.2 Å². The molecular formula is C27H18N4O7S. The molecular weight excluding hydrogens is 524 g/mol. The van der Waals surface area contributed by atoms with Crippen LogP contribution in [0.4, 0.5) is 22.7 Å². The molecule has 0 bridgehead atoms. The quantitative estimate of drug-likeness (QED) is 0.199. The second-order valence-corrected chi connectivity index (χ2v) is 10.1. The molecule has 12 heteroatoms. The number of nitro benzene ring substituents is 1. The van der Waals surface area contributed by atoms with Crippen LogP contribution in [0.2, 0.25) is 0 Å². The van der Waals surface area contributed by atoms with Crippen LogP contribution in [-0.4, -0.2) is 31.1 Å². The van der Waals surface area contributed by atoms with Crippen molar-refractivity contribution < 1.29 is 27.7 Å². The fourth-order valence-corrected chi connectivity index (χ4v) is 5.06. The van der Waals surface area contributed by atoms with Crippen molar-refractivity contribution in [2.75, 3.05) is 14.9 Å². The number of nitrogens with one attached hydrogen (secondary N) is 2. The lowest BCUT2D eigenvalue weighted by atomic mass is 10.1. The van der Waals surface area contributed by atoms with Gasteiger partial charge in [0, 0.05) is 29.1 Å². The Labute approximate surface area is 221 Å². The minimum Gasteiger partial charge on any atom is -0.322 e. The first kappa shape index (κ1) is 25.3. The Kier molecular flexibility index (Phi) is 6.38. The van der Waals surface area contributed by atoms with Gasteiger partial charge in [-0.2, -0.15) is 0 Å². The van der Waals surface area contributed by atoms with Crippen molar-refractivity contribution in [3.63, 3.8) is 0 Å². The molecule has 0 aromatic heterocycles. The monoisotopic (exact) mass is 542 g/mol. The summed E-state index contributed by atoms with van der Waals surface area (Å²) < 4.78 is 27.5. The summed E-state index contributed by atoms with van der Waals surface area (Å²) in [6.07, 6.45) is 0. The van der Waals surface area contributed by atoms with Crippen molar-refractivity contribution >= 4 is 50.5 Å². The number of carbonyl (C=O) groups excluding carboxylic acids is 3. The van der Waals surface area contributed by atoms with Crippen LogP contribution in [0.25, 0.3) is 0 Å². The number of non-ortho nitro benzene ring substituents is 1. The number of rotatable bonds is 7. The van der Waals surface area contributed by atoms with Gasteiger partial charge in [-0.05, 0) is 66.7 Å². The summed E-state index contributed by atoms with van der Waals surface area (Å²) in [6, 6.07) is 22.9. The maximum absolute atomic E-state index is 13.1. The average molecular weight is 543 g/mol. The van der Waals surface area contributed by atoms with Gasteiger partial charge in [-0.3, -0.25) is 29.2 Å². The highest BCUT2D eigenvalue weighted by Gasteiger charge is 2.37. The van der Waals surface area contributed by atoms with Crippen molar-refractivity contribution in [2.45, 2.75) is 4.90 Å². The second-order valence-electron chi connectivity index (χ2n) is 8.43. The topological polar surface area (TPSA) is 156 Å². The standard InChI is InChI=1S/C27H18N4O7S/c32-25(17-6-11-21(12-7-17)31(35)36)28-19-10-15-23-24(16-19)27(34)30(26(23)33)20-13-8-18(9-14-20)29-39(37,38)22-4-2-1-3-5-22/h1-16,29H,(H,28,32). The van der Waals surface area contributed by atoms with E-state index in [2.05, 4.69) is 10.0 Å². The number of anilines is 3. The van der Waals surface area contributed by atoms with Crippen LogP contribution in [0, 0.1) is 10.1 Å². The van der Waals surface area contributed by atoms with Gasteiger partial charge in [-0.15, -0.1) is 0 Å². The number of hydrogen-bond donors (Lipinski definition) is 2. The van der Waals surface area contributed by atoms with Crippen LogP contribution < -0.4 is 14.9 Å². The Hall–Kier alpha value is -5.36. The summed E-state index contributed by atoms with van der Waals surface area (Å²) in [4.78, 5) is 50.0. The maximum atomic E-state index is 13.1. The van der Waals surface area contributed by atoms with Crippen LogP contribution in [-0.2, 0) is 10.0 Å². The molecule has 11 nitrogen and oxygen atoms in total. The molecule has 4 aromatic carbocycles. The van der Waals surface area contributed by atoms with Gasteiger partial charge in [0.2, 0.25) is 0 Å². The molecule has 0 saturated carbocycles. The van der Waals surface area contributed by atoms with Gasteiger partial charge < -0.3 is 5.32 Å². The lowest BCUT2D eigenvalue weighted by Gasteiger charge is -2.15. The predicted octanol–water partition coefficient (Wildman–Crippen LogP) is 4.45. The molecule has 0 radical (unpaired) electrons. The van der Waals surface area contributed by atoms with Gasteiger partial charge in [0.15, 0.2) is 0 Å². The van der Waals surface area contributed by atoms with Crippen LogP contribution >= 0.6 is 0 Å². The number of amides is 3. The lowest BCUT2D eigenvalue weighted by Crippen LogP contribution is -2.29. The number of imide groups is 1. The molecule has 1 aliphatic heterocycles. The van der Waals surface area contributed by atoms with Crippen molar-refractivity contribution in [3.8, 4) is 0 Å². The van der Waals surface area contributed by atoms with Crippen molar-refractivity contribution in [1.29, 1.82) is 0 Å². The summed E-state index contributed by atoms with van der Waals surface area (Å²) in [5.41, 5.74) is 0.974. The zero-order valence-electron chi connectivity index (χ0n) is 19.9. The highest BCUT2D eigenvalue weighted by atomic mass is 32.2. The molecule has 0 aliphatic carbocycles. The first-order valence-corrected chi connectivity index (χ1v) is 12.9. The summed E-state index contributed by atoms with van der Waals surface area (Å²) in [6.45, 7) is 0. The lowest BCUT2D eigenvalue weighted by molar-refractivity contribution is -0.384. The highest BCUT2D eigenvalue weighted by molar-refractivity contribution is 7.92. The normalized spacial score (nSPS) is 12.7. The Morgan fingerprint density at radius 2 is 1.38 bits per heavy atom. The minimum absolute atomic E-state index is 0.0790. The first-order valence-electron chi connectivity index (χ1n) is 11.4. The van der Waals surface area contributed by atoms with Gasteiger partial charge >= 0.3 is 0 Å². The minimum atomic E-state index is -3.81. The number of carbonyl (C=O) groups is 3. The van der Waals surface area contributed by atoms with Crippen molar-refractivity contribution in [1.82, 2.24) is 0 Å². The van der Waals surface area contributed by atoms with E-state index in [-0.39, 0.29) is 44.3 Å². The van der Waals surface area contributed by atoms with Gasteiger partial charge in [0.05, 0.1) is 26.6 Å². The van der Waals surface area contributed by atoms with E-state index in [0.29, 0.717) is 0 Å². The molecule has 1 aliphatic rings. The molecule has 39 heavy (non-hydrogen) atoms. The smallest absolute Gasteiger partial charge is 0.269 e. The number of hydrogen-bond acceptors (Lipinski definition) is 7. The molecule has 0 saturated heterocycles. The summed E-state index contributed by atoms with van der Waals surface area (Å²) in [7, 11) is -3.81. The van der Waals surface area contributed by atoms with Crippen LogP contribution in [0.5, 0.6) is 0 Å². The Balaban J connectivity index is 1.32. The number of nitrogens with zero attached hydrogens (tertiary/aromatic N) is 2.